The van der Waals surface area contributed by atoms with Crippen LogP contribution in [-0.4, -0.2) is 20.5 Å². The monoisotopic (exact) mass is 277 g/mol. The molecule has 0 aliphatic carbocycles. The molecule has 4 nitrogen and oxygen atoms in total. The van der Waals surface area contributed by atoms with Crippen LogP contribution in [0.2, 0.25) is 5.02 Å². The third-order valence-corrected chi connectivity index (χ3v) is 3.20. The summed E-state index contributed by atoms with van der Waals surface area (Å²) in [6.07, 6.45) is 1.60. The Kier molecular flexibility index (Phi) is 4.00. The van der Waals surface area contributed by atoms with E-state index in [1.54, 1.807) is 35.3 Å². The van der Waals surface area contributed by atoms with Crippen LogP contribution in [0.4, 0.5) is 0 Å². The quantitative estimate of drug-likeness (QED) is 0.804. The normalized spacial score (nSPS) is 12.7. The highest BCUT2D eigenvalue weighted by Gasteiger charge is 2.19. The molecule has 1 aromatic heterocycles. The van der Waals surface area contributed by atoms with Gasteiger partial charge in [-0.1, -0.05) is 25.4 Å². The van der Waals surface area contributed by atoms with E-state index in [1.165, 1.54) is 0 Å². The second-order valence-corrected chi connectivity index (χ2v) is 5.22. The smallest absolute Gasteiger partial charge is 0.187 e. The second kappa shape index (κ2) is 5.53. The third kappa shape index (κ3) is 3.01. The van der Waals surface area contributed by atoms with E-state index in [4.69, 9.17) is 11.6 Å². The van der Waals surface area contributed by atoms with E-state index >= 15 is 0 Å². The van der Waals surface area contributed by atoms with Crippen LogP contribution in [0.5, 0.6) is 0 Å². The van der Waals surface area contributed by atoms with Crippen molar-refractivity contribution in [1.29, 1.82) is 0 Å². The van der Waals surface area contributed by atoms with E-state index in [1.807, 2.05) is 20.8 Å². The average Bonchev–Trinajstić information content (AvgIpc) is 2.87. The standard InChI is InChI=1S/C14H16ClN3O/c1-9(2)14-16-8-18(17-14)10(3)13(19)11-4-6-12(15)7-5-11/h4-10H,1-3H3. The fraction of sp³-hybridized carbons (Fsp3) is 0.357. The van der Waals surface area contributed by atoms with Gasteiger partial charge in [0.2, 0.25) is 0 Å². The lowest BCUT2D eigenvalue weighted by Gasteiger charge is -2.10. The molecular formula is C14H16ClN3O. The van der Waals surface area contributed by atoms with Crippen molar-refractivity contribution in [3.05, 3.63) is 47.0 Å². The first-order valence-electron chi connectivity index (χ1n) is 6.20. The largest absolute Gasteiger partial charge is 0.292 e. The van der Waals surface area contributed by atoms with Gasteiger partial charge in [-0.25, -0.2) is 9.67 Å². The van der Waals surface area contributed by atoms with E-state index in [0.29, 0.717) is 10.6 Å². The first-order valence-corrected chi connectivity index (χ1v) is 6.57. The van der Waals surface area contributed by atoms with Crippen LogP contribution in [0, 0.1) is 0 Å². The summed E-state index contributed by atoms with van der Waals surface area (Å²) in [5.41, 5.74) is 0.624. The van der Waals surface area contributed by atoms with Gasteiger partial charge < -0.3 is 0 Å². The summed E-state index contributed by atoms with van der Waals surface area (Å²) in [5, 5.41) is 4.95. The minimum atomic E-state index is -0.374. The lowest BCUT2D eigenvalue weighted by Crippen LogP contribution is -2.17. The predicted molar refractivity (Wildman–Crippen MR) is 74.6 cm³/mol. The Bertz CT molecular complexity index is 575. The molecule has 19 heavy (non-hydrogen) atoms. The number of rotatable bonds is 4. The van der Waals surface area contributed by atoms with Gasteiger partial charge in [-0.2, -0.15) is 5.10 Å². The van der Waals surface area contributed by atoms with Gasteiger partial charge in [0.25, 0.3) is 0 Å². The molecule has 2 aromatic rings. The Morgan fingerprint density at radius 1 is 1.21 bits per heavy atom. The molecule has 100 valence electrons. The molecule has 0 radical (unpaired) electrons. The molecule has 5 heteroatoms. The third-order valence-electron chi connectivity index (χ3n) is 2.95. The van der Waals surface area contributed by atoms with Crippen LogP contribution in [0.15, 0.2) is 30.6 Å². The summed E-state index contributed by atoms with van der Waals surface area (Å²) < 4.78 is 1.60. The van der Waals surface area contributed by atoms with Crippen LogP contribution >= 0.6 is 11.6 Å². The Hall–Kier alpha value is -1.68. The van der Waals surface area contributed by atoms with Crippen molar-refractivity contribution in [2.45, 2.75) is 32.7 Å². The zero-order valence-electron chi connectivity index (χ0n) is 11.2. The SMILES string of the molecule is CC(C)c1ncn(C(C)C(=O)c2ccc(Cl)cc2)n1. The molecule has 1 unspecified atom stereocenters. The fourth-order valence-electron chi connectivity index (χ4n) is 1.71. The maximum Gasteiger partial charge on any atom is 0.187 e. The number of hydrogen-bond donors (Lipinski definition) is 0. The Labute approximate surface area is 117 Å². The number of benzene rings is 1. The molecule has 0 fully saturated rings. The van der Waals surface area contributed by atoms with Crippen LogP contribution in [-0.2, 0) is 0 Å². The molecule has 0 aliphatic rings. The fourth-order valence-corrected chi connectivity index (χ4v) is 1.84. The van der Waals surface area contributed by atoms with Crippen molar-refractivity contribution in [3.8, 4) is 0 Å². The molecule has 2 rings (SSSR count). The van der Waals surface area contributed by atoms with Crippen molar-refractivity contribution in [2.24, 2.45) is 0 Å². The van der Waals surface area contributed by atoms with E-state index < -0.39 is 0 Å². The Balaban J connectivity index is 2.20. The summed E-state index contributed by atoms with van der Waals surface area (Å²) in [6.45, 7) is 5.85. The topological polar surface area (TPSA) is 47.8 Å². The Morgan fingerprint density at radius 3 is 2.37 bits per heavy atom. The molecule has 1 heterocycles. The van der Waals surface area contributed by atoms with E-state index in [9.17, 15) is 4.79 Å². The van der Waals surface area contributed by atoms with Crippen LogP contribution in [0.25, 0.3) is 0 Å². The van der Waals surface area contributed by atoms with Crippen molar-refractivity contribution in [1.82, 2.24) is 14.8 Å². The number of hydrogen-bond acceptors (Lipinski definition) is 3. The van der Waals surface area contributed by atoms with Crippen molar-refractivity contribution in [3.63, 3.8) is 0 Å². The minimum Gasteiger partial charge on any atom is -0.292 e. The lowest BCUT2D eigenvalue weighted by molar-refractivity contribution is 0.0927. The lowest BCUT2D eigenvalue weighted by atomic mass is 10.1. The summed E-state index contributed by atoms with van der Waals surface area (Å²) in [4.78, 5) is 16.5. The summed E-state index contributed by atoms with van der Waals surface area (Å²) >= 11 is 5.81. The van der Waals surface area contributed by atoms with Gasteiger partial charge in [0.05, 0.1) is 0 Å². The van der Waals surface area contributed by atoms with E-state index in [-0.39, 0.29) is 17.7 Å². The Morgan fingerprint density at radius 2 is 1.84 bits per heavy atom. The molecule has 0 saturated heterocycles. The maximum absolute atomic E-state index is 12.3. The maximum atomic E-state index is 12.3. The van der Waals surface area contributed by atoms with Crippen molar-refractivity contribution >= 4 is 17.4 Å². The highest BCUT2D eigenvalue weighted by Crippen LogP contribution is 2.17. The van der Waals surface area contributed by atoms with Crippen molar-refractivity contribution < 1.29 is 4.79 Å². The number of nitrogens with zero attached hydrogens (tertiary/aromatic N) is 3. The van der Waals surface area contributed by atoms with Gasteiger partial charge in [-0.05, 0) is 31.2 Å². The molecule has 0 aliphatic heterocycles. The van der Waals surface area contributed by atoms with Gasteiger partial charge in [0.1, 0.15) is 12.4 Å². The van der Waals surface area contributed by atoms with Gasteiger partial charge in [0.15, 0.2) is 11.6 Å². The highest BCUT2D eigenvalue weighted by molar-refractivity contribution is 6.30. The first-order chi connectivity index (χ1) is 8.99. The molecule has 0 saturated carbocycles. The molecule has 1 aromatic carbocycles. The number of halogens is 1. The molecule has 1 atom stereocenters. The summed E-state index contributed by atoms with van der Waals surface area (Å²) in [7, 11) is 0. The summed E-state index contributed by atoms with van der Waals surface area (Å²) in [6, 6.07) is 6.49. The van der Waals surface area contributed by atoms with E-state index in [2.05, 4.69) is 10.1 Å². The van der Waals surface area contributed by atoms with Crippen LogP contribution in [0.3, 0.4) is 0 Å². The van der Waals surface area contributed by atoms with Crippen LogP contribution < -0.4 is 0 Å². The molecule has 0 bridgehead atoms. The highest BCUT2D eigenvalue weighted by atomic mass is 35.5. The number of carbonyl (C=O) groups excluding carboxylic acids is 1. The molecule has 0 spiro atoms. The van der Waals surface area contributed by atoms with Crippen LogP contribution in [0.1, 0.15) is 48.9 Å². The average molecular weight is 278 g/mol. The zero-order valence-corrected chi connectivity index (χ0v) is 11.9. The molecular weight excluding hydrogens is 262 g/mol. The van der Waals surface area contributed by atoms with Gasteiger partial charge in [-0.3, -0.25) is 4.79 Å². The van der Waals surface area contributed by atoms with Gasteiger partial charge in [0, 0.05) is 16.5 Å². The number of carbonyl (C=O) groups is 1. The summed E-state index contributed by atoms with van der Waals surface area (Å²) in [5.74, 6) is 0.992. The predicted octanol–water partition coefficient (Wildman–Crippen LogP) is 3.50. The number of aromatic nitrogens is 3. The van der Waals surface area contributed by atoms with Gasteiger partial charge >= 0.3 is 0 Å². The van der Waals surface area contributed by atoms with Gasteiger partial charge in [-0.15, -0.1) is 0 Å². The number of ketones is 1. The first kappa shape index (κ1) is 13.7. The minimum absolute atomic E-state index is 0.00290. The molecule has 0 N–H and O–H groups in total. The van der Waals surface area contributed by atoms with E-state index in [0.717, 1.165) is 5.82 Å². The van der Waals surface area contributed by atoms with Crippen molar-refractivity contribution in [2.75, 3.05) is 0 Å². The number of Topliss-reactive ketones (excluding diaryl/α,β-unsaturated/α-hetero) is 1. The molecule has 0 amide bonds. The zero-order chi connectivity index (χ0) is 14.0. The second-order valence-electron chi connectivity index (χ2n) is 4.78.